The minimum atomic E-state index is -1.88. The number of benzene rings is 1. The summed E-state index contributed by atoms with van der Waals surface area (Å²) in [5, 5.41) is 24.7. The average molecular weight is 517 g/mol. The molecule has 1 aromatic carbocycles. The third-order valence-electron chi connectivity index (χ3n) is 10.6. The Labute approximate surface area is 216 Å². The molecule has 2 saturated carbocycles. The SMILES string of the molecule is CC1OC2OC34C(=O)OC5C[C@@H](C(C)(C)C)C2([C@H]1OCc1ccccc1)C53[C@@H](O)C1OOC[C@@H](C)[C@@]14O. The van der Waals surface area contributed by atoms with Crippen molar-refractivity contribution in [1.29, 1.82) is 0 Å². The summed E-state index contributed by atoms with van der Waals surface area (Å²) in [7, 11) is 0. The lowest BCUT2D eigenvalue weighted by Crippen LogP contribution is -2.69. The molecule has 2 spiro atoms. The molecule has 37 heavy (non-hydrogen) atoms. The van der Waals surface area contributed by atoms with Crippen LogP contribution >= 0.6 is 0 Å². The third kappa shape index (κ3) is 2.37. The molecular weight excluding hydrogens is 480 g/mol. The van der Waals surface area contributed by atoms with Gasteiger partial charge in [-0.05, 0) is 30.2 Å². The second-order valence-electron chi connectivity index (χ2n) is 13.0. The van der Waals surface area contributed by atoms with E-state index in [1.165, 1.54) is 0 Å². The fraction of sp³-hybridized carbons (Fsp3) is 0.750. The Hall–Kier alpha value is -1.59. The summed E-state index contributed by atoms with van der Waals surface area (Å²) in [6.45, 7) is 10.5. The Kier molecular flexibility index (Phi) is 4.84. The predicted octanol–water partition coefficient (Wildman–Crippen LogP) is 2.12. The summed E-state index contributed by atoms with van der Waals surface area (Å²) in [5.41, 5.74) is -5.39. The maximum atomic E-state index is 13.9. The van der Waals surface area contributed by atoms with Crippen LogP contribution in [-0.4, -0.2) is 70.8 Å². The minimum absolute atomic E-state index is 0.0461. The number of aliphatic hydroxyl groups excluding tert-OH is 1. The summed E-state index contributed by atoms with van der Waals surface area (Å²) in [4.78, 5) is 24.9. The second kappa shape index (κ2) is 7.33. The lowest BCUT2D eigenvalue weighted by molar-refractivity contribution is -0.416. The van der Waals surface area contributed by atoms with E-state index in [1.54, 1.807) is 6.92 Å². The molecule has 1 aromatic rings. The first-order chi connectivity index (χ1) is 17.5. The Morgan fingerprint density at radius 2 is 1.89 bits per heavy atom. The van der Waals surface area contributed by atoms with Gasteiger partial charge in [-0.2, -0.15) is 0 Å². The lowest BCUT2D eigenvalue weighted by Gasteiger charge is -2.50. The zero-order valence-corrected chi connectivity index (χ0v) is 21.9. The molecule has 9 heteroatoms. The Bertz CT molecular complexity index is 1120. The molecule has 2 aliphatic carbocycles. The molecule has 0 bridgehead atoms. The highest BCUT2D eigenvalue weighted by Crippen LogP contribution is 2.84. The highest BCUT2D eigenvalue weighted by Gasteiger charge is 3.02. The van der Waals surface area contributed by atoms with Crippen molar-refractivity contribution >= 4 is 5.97 Å². The summed E-state index contributed by atoms with van der Waals surface area (Å²) in [5.74, 6) is -1.36. The monoisotopic (exact) mass is 516 g/mol. The fourth-order valence-corrected chi connectivity index (χ4v) is 9.46. The molecule has 9 nitrogen and oxygen atoms in total. The molecule has 4 aliphatic heterocycles. The van der Waals surface area contributed by atoms with E-state index < -0.39 is 64.6 Å². The number of rotatable bonds is 3. The van der Waals surface area contributed by atoms with Crippen molar-refractivity contribution in [2.75, 3.05) is 6.61 Å². The van der Waals surface area contributed by atoms with Gasteiger partial charge in [-0.25, -0.2) is 14.6 Å². The Morgan fingerprint density at radius 3 is 2.59 bits per heavy atom. The van der Waals surface area contributed by atoms with E-state index in [0.717, 1.165) is 5.56 Å². The summed E-state index contributed by atoms with van der Waals surface area (Å²) in [6, 6.07) is 9.88. The quantitative estimate of drug-likeness (QED) is 0.461. The van der Waals surface area contributed by atoms with Gasteiger partial charge in [0.1, 0.15) is 11.7 Å². The smallest absolute Gasteiger partial charge is 0.342 e. The molecule has 2 N–H and O–H groups in total. The number of fused-ring (bicyclic) bond motifs is 1. The molecule has 0 radical (unpaired) electrons. The van der Waals surface area contributed by atoms with E-state index in [-0.39, 0.29) is 24.0 Å². The molecule has 0 amide bonds. The van der Waals surface area contributed by atoms with Gasteiger partial charge in [0, 0.05) is 5.92 Å². The van der Waals surface area contributed by atoms with Gasteiger partial charge >= 0.3 is 5.97 Å². The standard InChI is InChI=1S/C28H36O9/c1-14-12-33-37-21-19(29)26-18-11-17(24(3,4)5)25(26)20(32-13-16-9-7-6-8-10-16)15(2)34-23(25)36-28(26,22(30)35-18)27(14,21)31/h6-10,14-15,17-21,23,29,31H,11-13H2,1-5H3/t14-,15?,17+,18?,19+,20+,21?,23?,25?,26?,27-,28?/m1/s1. The first-order valence-electron chi connectivity index (χ1n) is 13.4. The van der Waals surface area contributed by atoms with Crippen molar-refractivity contribution in [2.45, 2.75) is 95.7 Å². The summed E-state index contributed by atoms with van der Waals surface area (Å²) in [6.07, 6.45) is -4.52. The fourth-order valence-electron chi connectivity index (χ4n) is 9.46. The van der Waals surface area contributed by atoms with Crippen molar-refractivity contribution < 1.29 is 43.7 Å². The summed E-state index contributed by atoms with van der Waals surface area (Å²) >= 11 is 0. The van der Waals surface area contributed by atoms with Crippen LogP contribution in [0.3, 0.4) is 0 Å². The van der Waals surface area contributed by atoms with Crippen molar-refractivity contribution in [1.82, 2.24) is 0 Å². The number of carbonyl (C=O) groups is 1. The van der Waals surface area contributed by atoms with Crippen LogP contribution in [0.25, 0.3) is 0 Å². The number of hydrogen-bond donors (Lipinski definition) is 2. The molecule has 4 heterocycles. The number of hydrogen-bond acceptors (Lipinski definition) is 9. The number of carbonyl (C=O) groups excluding carboxylic acids is 1. The van der Waals surface area contributed by atoms with Crippen molar-refractivity contribution in [3.63, 3.8) is 0 Å². The van der Waals surface area contributed by atoms with Gasteiger partial charge in [-0.3, -0.25) is 0 Å². The van der Waals surface area contributed by atoms with E-state index in [1.807, 2.05) is 37.3 Å². The van der Waals surface area contributed by atoms with Crippen LogP contribution in [0.4, 0.5) is 0 Å². The van der Waals surface area contributed by atoms with Crippen molar-refractivity contribution in [2.24, 2.45) is 28.1 Å². The van der Waals surface area contributed by atoms with Crippen LogP contribution in [0.5, 0.6) is 0 Å². The predicted molar refractivity (Wildman–Crippen MR) is 126 cm³/mol. The van der Waals surface area contributed by atoms with Gasteiger partial charge in [-0.1, -0.05) is 58.0 Å². The molecule has 202 valence electrons. The Balaban J connectivity index is 1.47. The highest BCUT2D eigenvalue weighted by atomic mass is 17.2. The largest absolute Gasteiger partial charge is 0.459 e. The Morgan fingerprint density at radius 1 is 1.16 bits per heavy atom. The molecule has 0 aromatic heterocycles. The molecule has 4 saturated heterocycles. The first-order valence-corrected chi connectivity index (χ1v) is 13.4. The van der Waals surface area contributed by atoms with Gasteiger partial charge in [0.25, 0.3) is 0 Å². The molecule has 7 unspecified atom stereocenters. The lowest BCUT2D eigenvalue weighted by atomic mass is 9.50. The molecule has 6 fully saturated rings. The van der Waals surface area contributed by atoms with E-state index >= 15 is 0 Å². The molecule has 12 atom stereocenters. The van der Waals surface area contributed by atoms with Gasteiger partial charge in [0.15, 0.2) is 12.4 Å². The normalized spacial score (nSPS) is 53.5. The van der Waals surface area contributed by atoms with Crippen LogP contribution in [-0.2, 0) is 40.1 Å². The number of aliphatic hydroxyl groups is 2. The second-order valence-corrected chi connectivity index (χ2v) is 13.0. The van der Waals surface area contributed by atoms with Crippen LogP contribution in [0, 0.1) is 28.1 Å². The van der Waals surface area contributed by atoms with Gasteiger partial charge < -0.3 is 29.2 Å². The maximum Gasteiger partial charge on any atom is 0.342 e. The van der Waals surface area contributed by atoms with E-state index in [0.29, 0.717) is 13.0 Å². The van der Waals surface area contributed by atoms with Gasteiger partial charge in [-0.15, -0.1) is 0 Å². The van der Waals surface area contributed by atoms with Crippen LogP contribution in [0.1, 0.15) is 46.6 Å². The van der Waals surface area contributed by atoms with Gasteiger partial charge in [0.2, 0.25) is 5.60 Å². The van der Waals surface area contributed by atoms with Gasteiger partial charge in [0.05, 0.1) is 42.4 Å². The zero-order chi connectivity index (χ0) is 26.2. The van der Waals surface area contributed by atoms with E-state index in [9.17, 15) is 15.0 Å². The third-order valence-corrected chi connectivity index (χ3v) is 10.6. The van der Waals surface area contributed by atoms with E-state index in [2.05, 4.69) is 20.8 Å². The minimum Gasteiger partial charge on any atom is -0.459 e. The van der Waals surface area contributed by atoms with E-state index in [4.69, 9.17) is 28.7 Å². The topological polar surface area (TPSA) is 113 Å². The molecular formula is C28H36O9. The zero-order valence-electron chi connectivity index (χ0n) is 21.9. The highest BCUT2D eigenvalue weighted by molar-refractivity contribution is 5.89. The molecule has 6 aliphatic rings. The molecule has 7 rings (SSSR count). The van der Waals surface area contributed by atoms with Crippen molar-refractivity contribution in [3.05, 3.63) is 35.9 Å². The number of esters is 1. The first kappa shape index (κ1) is 24.5. The summed E-state index contributed by atoms with van der Waals surface area (Å²) < 4.78 is 26.0. The van der Waals surface area contributed by atoms with Crippen LogP contribution in [0.2, 0.25) is 0 Å². The number of ether oxygens (including phenoxy) is 4. The maximum absolute atomic E-state index is 13.9. The van der Waals surface area contributed by atoms with Crippen LogP contribution < -0.4 is 0 Å². The van der Waals surface area contributed by atoms with Crippen LogP contribution in [0.15, 0.2) is 30.3 Å². The average Bonchev–Trinajstić information content (AvgIpc) is 3.51. The van der Waals surface area contributed by atoms with Crippen molar-refractivity contribution in [3.8, 4) is 0 Å².